The number of benzene rings is 1. The first kappa shape index (κ1) is 20.8. The van der Waals surface area contributed by atoms with Crippen LogP contribution in [0.25, 0.3) is 0 Å². The number of hydrogen-bond donors (Lipinski definition) is 1. The molecule has 0 amide bonds. The van der Waals surface area contributed by atoms with Crippen molar-refractivity contribution in [3.05, 3.63) is 57.0 Å². The maximum Gasteiger partial charge on any atom is 0.257 e. The van der Waals surface area contributed by atoms with Gasteiger partial charge in [0.2, 0.25) is 0 Å². The summed E-state index contributed by atoms with van der Waals surface area (Å²) in [5.41, 5.74) is 1.68. The van der Waals surface area contributed by atoms with E-state index >= 15 is 0 Å². The first-order valence-corrected chi connectivity index (χ1v) is 10.8. The van der Waals surface area contributed by atoms with Crippen LogP contribution in [0, 0.1) is 18.6 Å². The second kappa shape index (κ2) is 8.73. The molecule has 2 aliphatic heterocycles. The fourth-order valence-electron chi connectivity index (χ4n) is 3.91. The molecule has 2 aliphatic rings. The largest absolute Gasteiger partial charge is 0.409 e. The Balaban J connectivity index is 1.38. The lowest BCUT2D eigenvalue weighted by atomic mass is 10.1. The van der Waals surface area contributed by atoms with Gasteiger partial charge in [0.1, 0.15) is 11.6 Å². The molecule has 30 heavy (non-hydrogen) atoms. The third-order valence-corrected chi connectivity index (χ3v) is 6.55. The summed E-state index contributed by atoms with van der Waals surface area (Å²) < 4.78 is 29.0. The van der Waals surface area contributed by atoms with Gasteiger partial charge in [-0.15, -0.1) is 0 Å². The van der Waals surface area contributed by atoms with Gasteiger partial charge in [-0.3, -0.25) is 14.3 Å². The summed E-state index contributed by atoms with van der Waals surface area (Å²) in [5, 5.41) is 13.5. The normalized spacial score (nSPS) is 17.4. The highest BCUT2D eigenvalue weighted by Gasteiger charge is 2.24. The third kappa shape index (κ3) is 4.06. The van der Waals surface area contributed by atoms with Crippen molar-refractivity contribution in [3.63, 3.8) is 0 Å². The van der Waals surface area contributed by atoms with E-state index in [0.29, 0.717) is 45.7 Å². The predicted octanol–water partition coefficient (Wildman–Crippen LogP) is 1.93. The van der Waals surface area contributed by atoms with Gasteiger partial charge in [0, 0.05) is 62.3 Å². The Kier molecular flexibility index (Phi) is 6.05. The molecule has 0 saturated carbocycles. The summed E-state index contributed by atoms with van der Waals surface area (Å²) in [5.74, 6) is -0.453. The minimum Gasteiger partial charge on any atom is -0.409 e. The Morgan fingerprint density at radius 2 is 2.00 bits per heavy atom. The molecule has 0 spiro atoms. The van der Waals surface area contributed by atoms with Gasteiger partial charge in [0.15, 0.2) is 11.0 Å². The van der Waals surface area contributed by atoms with E-state index in [1.165, 1.54) is 6.07 Å². The number of rotatable bonds is 4. The lowest BCUT2D eigenvalue weighted by molar-refractivity contribution is 0.179. The zero-order valence-electron chi connectivity index (χ0n) is 16.6. The second-order valence-corrected chi connectivity index (χ2v) is 8.45. The highest BCUT2D eigenvalue weighted by molar-refractivity contribution is 7.99. The SMILES string of the molecule is Cc1nc2n(c(=O)c1CCN1CCN(C(=NO)c3ccc(F)cc3F)CC1)CCS2. The molecule has 160 valence electrons. The highest BCUT2D eigenvalue weighted by atomic mass is 32.2. The number of piperazine rings is 1. The number of aryl methyl sites for hydroxylation is 1. The van der Waals surface area contributed by atoms with E-state index in [2.05, 4.69) is 15.0 Å². The maximum atomic E-state index is 14.1. The Hall–Kier alpha value is -2.46. The van der Waals surface area contributed by atoms with Crippen LogP contribution in [0.1, 0.15) is 16.8 Å². The molecule has 3 heterocycles. The Morgan fingerprint density at radius 3 is 2.70 bits per heavy atom. The van der Waals surface area contributed by atoms with E-state index in [1.807, 2.05) is 6.92 Å². The molecule has 2 aromatic rings. The van der Waals surface area contributed by atoms with E-state index in [0.717, 1.165) is 34.3 Å². The van der Waals surface area contributed by atoms with Crippen molar-refractivity contribution >= 4 is 17.6 Å². The topological polar surface area (TPSA) is 74.0 Å². The molecule has 0 atom stereocenters. The van der Waals surface area contributed by atoms with E-state index in [4.69, 9.17) is 0 Å². The molecule has 10 heteroatoms. The molecule has 7 nitrogen and oxygen atoms in total. The average Bonchev–Trinajstić information content (AvgIpc) is 3.19. The first-order chi connectivity index (χ1) is 14.5. The van der Waals surface area contributed by atoms with Gasteiger partial charge in [-0.05, 0) is 25.5 Å². The Bertz CT molecular complexity index is 1030. The number of hydrogen-bond acceptors (Lipinski definition) is 6. The molecule has 1 saturated heterocycles. The molecule has 1 aromatic heterocycles. The number of aromatic nitrogens is 2. The van der Waals surface area contributed by atoms with Crippen molar-refractivity contribution in [2.24, 2.45) is 5.16 Å². The Morgan fingerprint density at radius 1 is 1.23 bits per heavy atom. The summed E-state index contributed by atoms with van der Waals surface area (Å²) >= 11 is 1.61. The predicted molar refractivity (Wildman–Crippen MR) is 110 cm³/mol. The minimum absolute atomic E-state index is 0.0580. The van der Waals surface area contributed by atoms with Crippen LogP contribution in [-0.2, 0) is 13.0 Å². The number of fused-ring (bicyclic) bond motifs is 1. The number of nitrogens with zero attached hydrogens (tertiary/aromatic N) is 5. The van der Waals surface area contributed by atoms with Gasteiger partial charge >= 0.3 is 0 Å². The number of thioether (sulfide) groups is 1. The van der Waals surface area contributed by atoms with E-state index in [9.17, 15) is 18.8 Å². The molecule has 1 fully saturated rings. The van der Waals surface area contributed by atoms with Gasteiger partial charge in [0.05, 0.1) is 5.56 Å². The van der Waals surface area contributed by atoms with Crippen molar-refractivity contribution in [2.75, 3.05) is 38.5 Å². The second-order valence-electron chi connectivity index (χ2n) is 7.39. The molecule has 0 unspecified atom stereocenters. The van der Waals surface area contributed by atoms with Gasteiger partial charge in [-0.25, -0.2) is 13.8 Å². The number of amidine groups is 1. The fourth-order valence-corrected chi connectivity index (χ4v) is 4.90. The molecule has 0 bridgehead atoms. The standard InChI is InChI=1S/C20H23F2N5O2S/c1-13-15(19(28)27-10-11-30-20(27)23-13)4-5-25-6-8-26(9-7-25)18(24-29)16-3-2-14(21)12-17(16)22/h2-3,12,29H,4-11H2,1H3. The van der Waals surface area contributed by atoms with Crippen LogP contribution in [0.4, 0.5) is 8.78 Å². The molecule has 0 radical (unpaired) electrons. The Labute approximate surface area is 177 Å². The zero-order valence-corrected chi connectivity index (χ0v) is 17.5. The third-order valence-electron chi connectivity index (χ3n) is 5.60. The molecular weight excluding hydrogens is 412 g/mol. The van der Waals surface area contributed by atoms with Crippen LogP contribution in [-0.4, -0.2) is 68.9 Å². The molecule has 1 N–H and O–H groups in total. The van der Waals surface area contributed by atoms with E-state index < -0.39 is 11.6 Å². The maximum absolute atomic E-state index is 14.1. The van der Waals surface area contributed by atoms with Gasteiger partial charge in [-0.2, -0.15) is 0 Å². The molecule has 0 aliphatic carbocycles. The highest BCUT2D eigenvalue weighted by Crippen LogP contribution is 2.22. The number of halogens is 2. The van der Waals surface area contributed by atoms with Crippen molar-refractivity contribution in [1.82, 2.24) is 19.4 Å². The van der Waals surface area contributed by atoms with Crippen LogP contribution >= 0.6 is 11.8 Å². The quantitative estimate of drug-likeness (QED) is 0.260. The monoisotopic (exact) mass is 435 g/mol. The smallest absolute Gasteiger partial charge is 0.257 e. The van der Waals surface area contributed by atoms with Crippen LogP contribution in [0.5, 0.6) is 0 Å². The van der Waals surface area contributed by atoms with Crippen LogP contribution in [0.3, 0.4) is 0 Å². The number of oxime groups is 1. The lowest BCUT2D eigenvalue weighted by Crippen LogP contribution is -2.49. The summed E-state index contributed by atoms with van der Waals surface area (Å²) in [6.07, 6.45) is 0.621. The van der Waals surface area contributed by atoms with Crippen LogP contribution < -0.4 is 5.56 Å². The van der Waals surface area contributed by atoms with Gasteiger partial charge < -0.3 is 10.1 Å². The zero-order chi connectivity index (χ0) is 21.3. The van der Waals surface area contributed by atoms with E-state index in [-0.39, 0.29) is 17.0 Å². The summed E-state index contributed by atoms with van der Waals surface area (Å²) in [6.45, 7) is 5.73. The van der Waals surface area contributed by atoms with Crippen LogP contribution in [0.2, 0.25) is 0 Å². The first-order valence-electron chi connectivity index (χ1n) is 9.86. The fraction of sp³-hybridized carbons (Fsp3) is 0.450. The minimum atomic E-state index is -0.761. The molecule has 4 rings (SSSR count). The molecular formula is C20H23F2N5O2S. The van der Waals surface area contributed by atoms with E-state index in [1.54, 1.807) is 21.2 Å². The van der Waals surface area contributed by atoms with Crippen molar-refractivity contribution in [2.45, 2.75) is 25.0 Å². The van der Waals surface area contributed by atoms with Gasteiger partial charge in [0.25, 0.3) is 5.56 Å². The lowest BCUT2D eigenvalue weighted by Gasteiger charge is -2.36. The summed E-state index contributed by atoms with van der Waals surface area (Å²) in [4.78, 5) is 21.3. The van der Waals surface area contributed by atoms with Gasteiger partial charge in [-0.1, -0.05) is 16.9 Å². The van der Waals surface area contributed by atoms with Crippen molar-refractivity contribution < 1.29 is 14.0 Å². The summed E-state index contributed by atoms with van der Waals surface area (Å²) in [6, 6.07) is 3.20. The molecule has 1 aromatic carbocycles. The van der Waals surface area contributed by atoms with Crippen molar-refractivity contribution in [3.8, 4) is 0 Å². The average molecular weight is 436 g/mol. The van der Waals surface area contributed by atoms with Crippen LogP contribution in [0.15, 0.2) is 33.3 Å². The summed E-state index contributed by atoms with van der Waals surface area (Å²) in [7, 11) is 0. The van der Waals surface area contributed by atoms with Crippen molar-refractivity contribution in [1.29, 1.82) is 0 Å².